The molecular formula is C24H16BrClO4. The van der Waals surface area contributed by atoms with Gasteiger partial charge < -0.3 is 9.47 Å². The van der Waals surface area contributed by atoms with Crippen molar-refractivity contribution in [3.05, 3.63) is 98.2 Å². The summed E-state index contributed by atoms with van der Waals surface area (Å²) < 4.78 is 12.3. The molecule has 4 rings (SSSR count). The Morgan fingerprint density at radius 3 is 2.63 bits per heavy atom. The Bertz CT molecular complexity index is 1180. The Balaban J connectivity index is 1.54. The van der Waals surface area contributed by atoms with Crippen LogP contribution in [0.1, 0.15) is 27.0 Å². The topological polar surface area (TPSA) is 52.6 Å². The molecule has 0 saturated carbocycles. The number of hydrogen-bond donors (Lipinski definition) is 0. The van der Waals surface area contributed by atoms with E-state index < -0.39 is 5.97 Å². The molecule has 0 spiro atoms. The molecule has 0 radical (unpaired) electrons. The maximum absolute atomic E-state index is 12.7. The highest BCUT2D eigenvalue weighted by Crippen LogP contribution is 2.39. The van der Waals surface area contributed by atoms with Gasteiger partial charge in [-0.25, -0.2) is 0 Å². The summed E-state index contributed by atoms with van der Waals surface area (Å²) in [6, 6.07) is 17.8. The molecule has 1 aliphatic rings. The van der Waals surface area contributed by atoms with Crippen molar-refractivity contribution in [1.29, 1.82) is 0 Å². The molecule has 0 N–H and O–H groups in total. The molecule has 0 fully saturated rings. The van der Waals surface area contributed by atoms with Crippen LogP contribution in [0, 0.1) is 6.92 Å². The van der Waals surface area contributed by atoms with E-state index in [9.17, 15) is 9.59 Å². The van der Waals surface area contributed by atoms with Crippen LogP contribution in [0.2, 0.25) is 5.02 Å². The summed E-state index contributed by atoms with van der Waals surface area (Å²) in [5.74, 6) is 0.403. The van der Waals surface area contributed by atoms with Gasteiger partial charge >= 0.3 is 5.97 Å². The number of rotatable bonds is 4. The average molecular weight is 484 g/mol. The summed E-state index contributed by atoms with van der Waals surface area (Å²) in [4.78, 5) is 25.1. The third-order valence-corrected chi connectivity index (χ3v) is 5.41. The number of ketones is 1. The van der Waals surface area contributed by atoms with Crippen LogP contribution in [-0.4, -0.2) is 11.8 Å². The van der Waals surface area contributed by atoms with Crippen molar-refractivity contribution < 1.29 is 19.1 Å². The Kier molecular flexibility index (Phi) is 5.75. The van der Waals surface area contributed by atoms with Crippen molar-refractivity contribution in [3.63, 3.8) is 0 Å². The van der Waals surface area contributed by atoms with Gasteiger partial charge in [0.05, 0.1) is 12.0 Å². The van der Waals surface area contributed by atoms with Crippen LogP contribution in [-0.2, 0) is 11.2 Å². The van der Waals surface area contributed by atoms with Gasteiger partial charge in [0.1, 0.15) is 11.5 Å². The van der Waals surface area contributed by atoms with Crippen LogP contribution < -0.4 is 9.47 Å². The fraction of sp³-hybridized carbons (Fsp3) is 0.0833. The summed E-state index contributed by atoms with van der Waals surface area (Å²) in [6.07, 6.45) is 1.81. The molecule has 6 heteroatoms. The zero-order valence-electron chi connectivity index (χ0n) is 15.9. The van der Waals surface area contributed by atoms with Gasteiger partial charge in [-0.15, -0.1) is 0 Å². The van der Waals surface area contributed by atoms with E-state index in [-0.39, 0.29) is 18.0 Å². The molecule has 0 bridgehead atoms. The van der Waals surface area contributed by atoms with Crippen LogP contribution in [0.15, 0.2) is 70.9 Å². The molecular weight excluding hydrogens is 468 g/mol. The van der Waals surface area contributed by atoms with E-state index >= 15 is 0 Å². The van der Waals surface area contributed by atoms with Gasteiger partial charge in [-0.05, 0) is 60.5 Å². The lowest BCUT2D eigenvalue weighted by Gasteiger charge is -2.10. The maximum atomic E-state index is 12.7. The fourth-order valence-corrected chi connectivity index (χ4v) is 3.70. The summed E-state index contributed by atoms with van der Waals surface area (Å²) in [5.41, 5.74) is 2.69. The van der Waals surface area contributed by atoms with Crippen LogP contribution in [0.25, 0.3) is 6.08 Å². The molecule has 4 nitrogen and oxygen atoms in total. The molecule has 3 aromatic carbocycles. The quantitative estimate of drug-likeness (QED) is 0.253. The maximum Gasteiger partial charge on any atom is 0.315 e. The predicted molar refractivity (Wildman–Crippen MR) is 119 cm³/mol. The summed E-state index contributed by atoms with van der Waals surface area (Å²) in [5, 5.41) is 0.607. The number of Topliss-reactive ketones (excluding diaryl/α,β-unsaturated/α-hetero) is 1. The number of carbonyl (C=O) groups excluding carboxylic acids is 2. The average Bonchev–Trinajstić information content (AvgIpc) is 3.02. The molecule has 0 amide bonds. The highest BCUT2D eigenvalue weighted by atomic mass is 79.9. The first kappa shape index (κ1) is 20.4. The van der Waals surface area contributed by atoms with E-state index in [2.05, 4.69) is 15.9 Å². The Labute approximate surface area is 187 Å². The van der Waals surface area contributed by atoms with Gasteiger partial charge in [-0.2, -0.15) is 0 Å². The normalized spacial score (nSPS) is 13.8. The number of fused-ring (bicyclic) bond motifs is 1. The first-order valence-electron chi connectivity index (χ1n) is 9.19. The minimum Gasteiger partial charge on any atom is -0.452 e. The molecule has 1 heterocycles. The van der Waals surface area contributed by atoms with Gasteiger partial charge in [0.2, 0.25) is 5.78 Å². The first-order valence-corrected chi connectivity index (χ1v) is 10.4. The molecule has 1 aliphatic heterocycles. The molecule has 0 saturated heterocycles. The monoisotopic (exact) mass is 482 g/mol. The smallest absolute Gasteiger partial charge is 0.315 e. The zero-order valence-corrected chi connectivity index (χ0v) is 18.3. The highest BCUT2D eigenvalue weighted by Gasteiger charge is 2.30. The largest absolute Gasteiger partial charge is 0.452 e. The molecule has 30 heavy (non-hydrogen) atoms. The van der Waals surface area contributed by atoms with Crippen LogP contribution in [0.3, 0.4) is 0 Å². The molecule has 0 aliphatic carbocycles. The van der Waals surface area contributed by atoms with E-state index in [0.29, 0.717) is 27.6 Å². The number of hydrogen-bond acceptors (Lipinski definition) is 4. The minimum absolute atomic E-state index is 0.113. The first-order chi connectivity index (χ1) is 14.4. The molecule has 0 aromatic heterocycles. The standard InChI is InChI=1S/C24H16BrClO4/c1-14-20(29-22(27)13-15-5-7-18(26)8-6-15)10-9-19-23(28)21(30-24(14)19)12-16-3-2-4-17(25)11-16/h2-12H,13H2,1H3/b21-12-. The van der Waals surface area contributed by atoms with Crippen molar-refractivity contribution in [2.75, 3.05) is 0 Å². The Hall–Kier alpha value is -2.89. The van der Waals surface area contributed by atoms with Gasteiger partial charge in [-0.1, -0.05) is 51.8 Å². The van der Waals surface area contributed by atoms with Gasteiger partial charge in [0.15, 0.2) is 5.76 Å². The number of esters is 1. The summed E-state index contributed by atoms with van der Waals surface area (Å²) in [7, 11) is 0. The van der Waals surface area contributed by atoms with Crippen LogP contribution in [0.5, 0.6) is 11.5 Å². The van der Waals surface area contributed by atoms with Gasteiger partial charge in [0, 0.05) is 15.1 Å². The van der Waals surface area contributed by atoms with E-state index in [4.69, 9.17) is 21.1 Å². The predicted octanol–water partition coefficient (Wildman–Crippen LogP) is 6.18. The fourth-order valence-electron chi connectivity index (χ4n) is 3.15. The van der Waals surface area contributed by atoms with Gasteiger partial charge in [0.25, 0.3) is 0 Å². The zero-order chi connectivity index (χ0) is 21.3. The number of allylic oxidation sites excluding steroid dienone is 1. The summed E-state index contributed by atoms with van der Waals surface area (Å²) >= 11 is 9.29. The lowest BCUT2D eigenvalue weighted by Crippen LogP contribution is -2.12. The van der Waals surface area contributed by atoms with Crippen LogP contribution in [0.4, 0.5) is 0 Å². The SMILES string of the molecule is Cc1c(OC(=O)Cc2ccc(Cl)cc2)ccc2c1O/C(=C\c1cccc(Br)c1)C2=O. The van der Waals surface area contributed by atoms with Crippen molar-refractivity contribution in [3.8, 4) is 11.5 Å². The van der Waals surface area contributed by atoms with Crippen molar-refractivity contribution >= 4 is 45.4 Å². The Morgan fingerprint density at radius 2 is 1.90 bits per heavy atom. The van der Waals surface area contributed by atoms with Gasteiger partial charge in [-0.3, -0.25) is 9.59 Å². The van der Waals surface area contributed by atoms with Crippen LogP contribution >= 0.6 is 27.5 Å². The molecule has 150 valence electrons. The van der Waals surface area contributed by atoms with E-state index in [1.165, 1.54) is 0 Å². The number of halogens is 2. The van der Waals surface area contributed by atoms with Crippen molar-refractivity contribution in [2.45, 2.75) is 13.3 Å². The second kappa shape index (κ2) is 8.46. The number of carbonyl (C=O) groups is 2. The number of ether oxygens (including phenoxy) is 2. The van der Waals surface area contributed by atoms with E-state index in [1.54, 1.807) is 49.4 Å². The lowest BCUT2D eigenvalue weighted by molar-refractivity contribution is -0.133. The highest BCUT2D eigenvalue weighted by molar-refractivity contribution is 9.10. The van der Waals surface area contributed by atoms with E-state index in [0.717, 1.165) is 15.6 Å². The molecule has 0 atom stereocenters. The second-order valence-electron chi connectivity index (χ2n) is 6.84. The van der Waals surface area contributed by atoms with E-state index in [1.807, 2.05) is 24.3 Å². The molecule has 0 unspecified atom stereocenters. The third kappa shape index (κ3) is 4.32. The number of benzene rings is 3. The third-order valence-electron chi connectivity index (χ3n) is 4.67. The summed E-state index contributed by atoms with van der Waals surface area (Å²) in [6.45, 7) is 1.76. The molecule has 3 aromatic rings. The van der Waals surface area contributed by atoms with Crippen molar-refractivity contribution in [1.82, 2.24) is 0 Å². The van der Waals surface area contributed by atoms with Crippen molar-refractivity contribution in [2.24, 2.45) is 0 Å². The lowest BCUT2D eigenvalue weighted by atomic mass is 10.1. The Morgan fingerprint density at radius 1 is 1.13 bits per heavy atom. The second-order valence-corrected chi connectivity index (χ2v) is 8.19. The minimum atomic E-state index is -0.408.